The first-order valence-corrected chi connectivity index (χ1v) is 7.39. The number of carboxylic acid groups (broad SMARTS) is 1. The molecule has 1 unspecified atom stereocenters. The van der Waals surface area contributed by atoms with Crippen molar-refractivity contribution in [2.75, 3.05) is 0 Å². The molecule has 0 aliphatic rings. The molecule has 106 valence electrons. The van der Waals surface area contributed by atoms with E-state index in [1.54, 1.807) is 37.0 Å². The van der Waals surface area contributed by atoms with Crippen molar-refractivity contribution >= 4 is 17.7 Å². The quantitative estimate of drug-likeness (QED) is 0.856. The Morgan fingerprint density at radius 3 is 2.71 bits per heavy atom. The standard InChI is InChI=1S/C16H14N2O2S/c1-11(16(19)20)14-4-2-12(3-5-14)10-21-15-8-13(9-17)6-7-18-15/h2-8,11H,10H2,1H3,(H,19,20). The summed E-state index contributed by atoms with van der Waals surface area (Å²) < 4.78 is 0. The van der Waals surface area contributed by atoms with Gasteiger partial charge in [0.25, 0.3) is 0 Å². The Morgan fingerprint density at radius 2 is 2.10 bits per heavy atom. The molecule has 0 amide bonds. The molecule has 1 N–H and O–H groups in total. The van der Waals surface area contributed by atoms with Gasteiger partial charge in [0.15, 0.2) is 0 Å². The minimum Gasteiger partial charge on any atom is -0.481 e. The highest BCUT2D eigenvalue weighted by Crippen LogP contribution is 2.23. The number of nitrogens with zero attached hydrogens (tertiary/aromatic N) is 2. The van der Waals surface area contributed by atoms with Crippen molar-refractivity contribution < 1.29 is 9.90 Å². The fourth-order valence-electron chi connectivity index (χ4n) is 1.76. The van der Waals surface area contributed by atoms with Crippen molar-refractivity contribution in [3.8, 4) is 6.07 Å². The highest BCUT2D eigenvalue weighted by molar-refractivity contribution is 7.98. The number of rotatable bonds is 5. The van der Waals surface area contributed by atoms with Crippen LogP contribution in [0.15, 0.2) is 47.6 Å². The lowest BCUT2D eigenvalue weighted by Crippen LogP contribution is -2.07. The molecule has 0 bridgehead atoms. The van der Waals surface area contributed by atoms with Crippen molar-refractivity contribution in [2.45, 2.75) is 23.6 Å². The van der Waals surface area contributed by atoms with Gasteiger partial charge < -0.3 is 5.11 Å². The van der Waals surface area contributed by atoms with Crippen LogP contribution in [0.1, 0.15) is 29.5 Å². The molecule has 5 heteroatoms. The maximum atomic E-state index is 10.9. The predicted octanol–water partition coefficient (Wildman–Crippen LogP) is 3.43. The van der Waals surface area contributed by atoms with E-state index in [1.807, 2.05) is 24.3 Å². The van der Waals surface area contributed by atoms with Gasteiger partial charge in [0.1, 0.15) is 0 Å². The fraction of sp³-hybridized carbons (Fsp3) is 0.188. The van der Waals surface area contributed by atoms with E-state index in [4.69, 9.17) is 10.4 Å². The van der Waals surface area contributed by atoms with Crippen LogP contribution in [0.5, 0.6) is 0 Å². The second-order valence-electron chi connectivity index (χ2n) is 4.58. The van der Waals surface area contributed by atoms with Crippen molar-refractivity contribution in [3.05, 3.63) is 59.3 Å². The summed E-state index contributed by atoms with van der Waals surface area (Å²) in [7, 11) is 0. The van der Waals surface area contributed by atoms with Gasteiger partial charge in [-0.05, 0) is 30.2 Å². The summed E-state index contributed by atoms with van der Waals surface area (Å²) in [6, 6.07) is 13.1. The summed E-state index contributed by atoms with van der Waals surface area (Å²) in [4.78, 5) is 15.1. The topological polar surface area (TPSA) is 74.0 Å². The Kier molecular flexibility index (Phi) is 4.96. The van der Waals surface area contributed by atoms with Crippen molar-refractivity contribution in [1.82, 2.24) is 4.98 Å². The van der Waals surface area contributed by atoms with Crippen LogP contribution in [0.4, 0.5) is 0 Å². The van der Waals surface area contributed by atoms with Gasteiger partial charge in [0, 0.05) is 11.9 Å². The summed E-state index contributed by atoms with van der Waals surface area (Å²) in [5.74, 6) is -0.598. The minimum atomic E-state index is -0.824. The first-order chi connectivity index (χ1) is 10.1. The van der Waals surface area contributed by atoms with Crippen LogP contribution < -0.4 is 0 Å². The Labute approximate surface area is 127 Å². The molecule has 21 heavy (non-hydrogen) atoms. The van der Waals surface area contributed by atoms with E-state index in [9.17, 15) is 4.79 Å². The lowest BCUT2D eigenvalue weighted by atomic mass is 10.0. The molecule has 2 rings (SSSR count). The first-order valence-electron chi connectivity index (χ1n) is 6.40. The normalized spacial score (nSPS) is 11.6. The van der Waals surface area contributed by atoms with Crippen LogP contribution >= 0.6 is 11.8 Å². The van der Waals surface area contributed by atoms with Crippen LogP contribution in [0.25, 0.3) is 0 Å². The predicted molar refractivity (Wildman–Crippen MR) is 81.0 cm³/mol. The molecule has 0 radical (unpaired) electrons. The second kappa shape index (κ2) is 6.91. The van der Waals surface area contributed by atoms with Crippen LogP contribution in [0.3, 0.4) is 0 Å². The van der Waals surface area contributed by atoms with Crippen LogP contribution in [-0.2, 0) is 10.5 Å². The summed E-state index contributed by atoms with van der Waals surface area (Å²) in [5, 5.41) is 18.6. The molecule has 0 spiro atoms. The zero-order chi connectivity index (χ0) is 15.2. The van der Waals surface area contributed by atoms with Gasteiger partial charge in [0.05, 0.1) is 22.6 Å². The van der Waals surface area contributed by atoms with Gasteiger partial charge >= 0.3 is 5.97 Å². The summed E-state index contributed by atoms with van der Waals surface area (Å²) in [6.07, 6.45) is 1.62. The molecule has 1 aromatic heterocycles. The molecule has 1 aromatic carbocycles. The average molecular weight is 298 g/mol. The van der Waals surface area contributed by atoms with Crippen LogP contribution in [-0.4, -0.2) is 16.1 Å². The van der Waals surface area contributed by atoms with Crippen LogP contribution in [0, 0.1) is 11.3 Å². The van der Waals surface area contributed by atoms with Gasteiger partial charge in [-0.1, -0.05) is 24.3 Å². The number of carboxylic acids is 1. The van der Waals surface area contributed by atoms with E-state index in [-0.39, 0.29) is 0 Å². The van der Waals surface area contributed by atoms with Gasteiger partial charge in [-0.15, -0.1) is 11.8 Å². The fourth-order valence-corrected chi connectivity index (χ4v) is 2.61. The molecule has 0 saturated heterocycles. The lowest BCUT2D eigenvalue weighted by molar-refractivity contribution is -0.138. The zero-order valence-electron chi connectivity index (χ0n) is 11.5. The number of aromatic nitrogens is 1. The Balaban J connectivity index is 2.01. The molecule has 0 aliphatic carbocycles. The summed E-state index contributed by atoms with van der Waals surface area (Å²) in [5.41, 5.74) is 2.48. The number of nitriles is 1. The molecular weight excluding hydrogens is 284 g/mol. The summed E-state index contributed by atoms with van der Waals surface area (Å²) in [6.45, 7) is 1.67. The van der Waals surface area contributed by atoms with Crippen molar-refractivity contribution in [3.63, 3.8) is 0 Å². The maximum Gasteiger partial charge on any atom is 0.310 e. The number of hydrogen-bond donors (Lipinski definition) is 1. The Morgan fingerprint density at radius 1 is 1.38 bits per heavy atom. The monoisotopic (exact) mass is 298 g/mol. The third-order valence-electron chi connectivity index (χ3n) is 3.10. The molecule has 0 fully saturated rings. The zero-order valence-corrected chi connectivity index (χ0v) is 12.3. The number of aliphatic carboxylic acids is 1. The van der Waals surface area contributed by atoms with Gasteiger partial charge in [-0.3, -0.25) is 4.79 Å². The number of pyridine rings is 1. The third kappa shape index (κ3) is 4.07. The number of thioether (sulfide) groups is 1. The van der Waals surface area contributed by atoms with E-state index in [1.165, 1.54) is 0 Å². The smallest absolute Gasteiger partial charge is 0.310 e. The number of carbonyl (C=O) groups is 1. The molecule has 0 aliphatic heterocycles. The van der Waals surface area contributed by atoms with Gasteiger partial charge in [-0.25, -0.2) is 4.98 Å². The van der Waals surface area contributed by atoms with Crippen LogP contribution in [0.2, 0.25) is 0 Å². The summed E-state index contributed by atoms with van der Waals surface area (Å²) >= 11 is 1.55. The highest BCUT2D eigenvalue weighted by Gasteiger charge is 2.12. The highest BCUT2D eigenvalue weighted by atomic mass is 32.2. The lowest BCUT2D eigenvalue weighted by Gasteiger charge is -2.07. The molecule has 4 nitrogen and oxygen atoms in total. The Hall–Kier alpha value is -2.32. The molecule has 1 atom stereocenters. The van der Waals surface area contributed by atoms with E-state index in [0.717, 1.165) is 21.9 Å². The van der Waals surface area contributed by atoms with Gasteiger partial charge in [0.2, 0.25) is 0 Å². The number of benzene rings is 1. The SMILES string of the molecule is CC(C(=O)O)c1ccc(CSc2cc(C#N)ccn2)cc1. The average Bonchev–Trinajstić information content (AvgIpc) is 2.53. The first kappa shape index (κ1) is 15.1. The Bertz CT molecular complexity index is 677. The molecule has 2 aromatic rings. The molecule has 1 heterocycles. The molecular formula is C16H14N2O2S. The van der Waals surface area contributed by atoms with Gasteiger partial charge in [-0.2, -0.15) is 5.26 Å². The largest absolute Gasteiger partial charge is 0.481 e. The van der Waals surface area contributed by atoms with Crippen molar-refractivity contribution in [2.24, 2.45) is 0 Å². The number of hydrogen-bond acceptors (Lipinski definition) is 4. The molecule has 0 saturated carbocycles. The van der Waals surface area contributed by atoms with E-state index in [0.29, 0.717) is 5.56 Å². The van der Waals surface area contributed by atoms with E-state index in [2.05, 4.69) is 11.1 Å². The second-order valence-corrected chi connectivity index (χ2v) is 5.58. The maximum absolute atomic E-state index is 10.9. The van der Waals surface area contributed by atoms with E-state index < -0.39 is 11.9 Å². The minimum absolute atomic E-state index is 0.499. The van der Waals surface area contributed by atoms with E-state index >= 15 is 0 Å². The third-order valence-corrected chi connectivity index (χ3v) is 4.10. The van der Waals surface area contributed by atoms with Crippen molar-refractivity contribution in [1.29, 1.82) is 5.26 Å².